The van der Waals surface area contributed by atoms with Crippen LogP contribution in [0.15, 0.2) is 54.6 Å². The molecule has 28 heavy (non-hydrogen) atoms. The summed E-state index contributed by atoms with van der Waals surface area (Å²) in [5.41, 5.74) is 0.907. The number of unbranched alkanes of at least 4 members (excludes halogenated alkanes) is 1. The first kappa shape index (κ1) is 19.2. The van der Waals surface area contributed by atoms with Crippen molar-refractivity contribution in [2.24, 2.45) is 0 Å². The smallest absolute Gasteiger partial charge is 0.271 e. The van der Waals surface area contributed by atoms with Crippen molar-refractivity contribution in [3.05, 3.63) is 76.2 Å². The van der Waals surface area contributed by atoms with E-state index in [1.807, 2.05) is 6.92 Å². The Morgan fingerprint density at radius 3 is 2.71 bits per heavy atom. The standard InChI is InChI=1S/C20H19FN4O3/c1-2-3-11-22-20(26)19-13-18(16-9-4-5-10-17(16)21)23-24(19)14-7-6-8-15(12-14)25(27)28/h4-10,12-13H,2-3,11H2,1H3,(H,22,26). The molecule has 1 amide bonds. The zero-order valence-electron chi connectivity index (χ0n) is 15.3. The van der Waals surface area contributed by atoms with Crippen LogP contribution < -0.4 is 5.32 Å². The Bertz CT molecular complexity index is 1020. The average Bonchev–Trinajstić information content (AvgIpc) is 3.14. The normalized spacial score (nSPS) is 10.6. The highest BCUT2D eigenvalue weighted by Gasteiger charge is 2.20. The molecular formula is C20H19FN4O3. The van der Waals surface area contributed by atoms with Gasteiger partial charge in [0.15, 0.2) is 0 Å². The molecule has 1 N–H and O–H groups in total. The van der Waals surface area contributed by atoms with Gasteiger partial charge in [-0.3, -0.25) is 14.9 Å². The van der Waals surface area contributed by atoms with Gasteiger partial charge in [-0.1, -0.05) is 31.5 Å². The van der Waals surface area contributed by atoms with Crippen LogP contribution in [0.3, 0.4) is 0 Å². The van der Waals surface area contributed by atoms with Gasteiger partial charge in [-0.15, -0.1) is 0 Å². The Morgan fingerprint density at radius 1 is 1.21 bits per heavy atom. The predicted octanol–water partition coefficient (Wildman–Crippen LogP) is 4.12. The minimum Gasteiger partial charge on any atom is -0.351 e. The Labute approximate surface area is 161 Å². The number of non-ortho nitro benzene ring substituents is 1. The lowest BCUT2D eigenvalue weighted by Crippen LogP contribution is -2.26. The summed E-state index contributed by atoms with van der Waals surface area (Å²) in [5, 5.41) is 18.2. The molecule has 1 aromatic heterocycles. The van der Waals surface area contributed by atoms with Crippen LogP contribution in [-0.2, 0) is 0 Å². The second-order valence-electron chi connectivity index (χ2n) is 6.19. The zero-order valence-corrected chi connectivity index (χ0v) is 15.3. The van der Waals surface area contributed by atoms with Crippen molar-refractivity contribution in [2.45, 2.75) is 19.8 Å². The highest BCUT2D eigenvalue weighted by molar-refractivity contribution is 5.94. The fourth-order valence-electron chi connectivity index (χ4n) is 2.75. The van der Waals surface area contributed by atoms with E-state index in [-0.39, 0.29) is 28.5 Å². The quantitative estimate of drug-likeness (QED) is 0.378. The Hall–Kier alpha value is -3.55. The molecule has 0 atom stereocenters. The van der Waals surface area contributed by atoms with Crippen LogP contribution in [0.25, 0.3) is 16.9 Å². The molecule has 0 fully saturated rings. The topological polar surface area (TPSA) is 90.1 Å². The van der Waals surface area contributed by atoms with Gasteiger partial charge in [-0.05, 0) is 30.7 Å². The van der Waals surface area contributed by atoms with Crippen molar-refractivity contribution >= 4 is 11.6 Å². The number of nitrogens with zero attached hydrogens (tertiary/aromatic N) is 3. The maximum atomic E-state index is 14.2. The van der Waals surface area contributed by atoms with Gasteiger partial charge >= 0.3 is 0 Å². The van der Waals surface area contributed by atoms with Gasteiger partial charge in [-0.25, -0.2) is 9.07 Å². The largest absolute Gasteiger partial charge is 0.351 e. The van der Waals surface area contributed by atoms with Gasteiger partial charge in [0.1, 0.15) is 11.5 Å². The summed E-state index contributed by atoms with van der Waals surface area (Å²) >= 11 is 0. The number of rotatable bonds is 7. The summed E-state index contributed by atoms with van der Waals surface area (Å²) in [7, 11) is 0. The van der Waals surface area contributed by atoms with Crippen molar-refractivity contribution in [2.75, 3.05) is 6.54 Å². The van der Waals surface area contributed by atoms with Crippen molar-refractivity contribution < 1.29 is 14.1 Å². The first-order valence-corrected chi connectivity index (χ1v) is 8.89. The second kappa shape index (κ2) is 8.43. The van der Waals surface area contributed by atoms with E-state index < -0.39 is 10.7 Å². The lowest BCUT2D eigenvalue weighted by Gasteiger charge is -2.08. The van der Waals surface area contributed by atoms with Crippen LogP contribution in [0.2, 0.25) is 0 Å². The molecule has 0 aliphatic heterocycles. The second-order valence-corrected chi connectivity index (χ2v) is 6.19. The molecule has 0 spiro atoms. The van der Waals surface area contributed by atoms with E-state index in [0.29, 0.717) is 12.2 Å². The number of carbonyl (C=O) groups is 1. The van der Waals surface area contributed by atoms with Crippen molar-refractivity contribution in [3.63, 3.8) is 0 Å². The fraction of sp³-hybridized carbons (Fsp3) is 0.200. The highest BCUT2D eigenvalue weighted by Crippen LogP contribution is 2.25. The van der Waals surface area contributed by atoms with Crippen LogP contribution >= 0.6 is 0 Å². The zero-order chi connectivity index (χ0) is 20.1. The van der Waals surface area contributed by atoms with Gasteiger partial charge in [0.25, 0.3) is 11.6 Å². The molecule has 7 nitrogen and oxygen atoms in total. The summed E-state index contributed by atoms with van der Waals surface area (Å²) in [6, 6.07) is 13.4. The van der Waals surface area contributed by atoms with E-state index in [1.165, 1.54) is 35.0 Å². The fourth-order valence-corrected chi connectivity index (χ4v) is 2.75. The molecule has 0 aliphatic rings. The van der Waals surface area contributed by atoms with E-state index in [4.69, 9.17) is 0 Å². The predicted molar refractivity (Wildman–Crippen MR) is 103 cm³/mol. The molecule has 2 aromatic carbocycles. The summed E-state index contributed by atoms with van der Waals surface area (Å²) < 4.78 is 15.5. The number of halogens is 1. The third-order valence-electron chi connectivity index (χ3n) is 4.19. The van der Waals surface area contributed by atoms with Gasteiger partial charge in [0.05, 0.1) is 16.3 Å². The molecule has 0 saturated carbocycles. The average molecular weight is 382 g/mol. The number of benzene rings is 2. The van der Waals surface area contributed by atoms with Gasteiger partial charge in [0, 0.05) is 24.2 Å². The number of nitro benzene ring substituents is 1. The molecule has 0 bridgehead atoms. The molecule has 0 radical (unpaired) electrons. The third kappa shape index (κ3) is 4.06. The minimum atomic E-state index is -0.522. The van der Waals surface area contributed by atoms with E-state index in [1.54, 1.807) is 24.3 Å². The van der Waals surface area contributed by atoms with E-state index in [2.05, 4.69) is 10.4 Å². The molecular weight excluding hydrogens is 363 g/mol. The third-order valence-corrected chi connectivity index (χ3v) is 4.19. The number of nitrogens with one attached hydrogen (secondary N) is 1. The van der Waals surface area contributed by atoms with Gasteiger partial charge in [-0.2, -0.15) is 5.10 Å². The maximum Gasteiger partial charge on any atom is 0.271 e. The maximum absolute atomic E-state index is 14.2. The van der Waals surface area contributed by atoms with E-state index in [9.17, 15) is 19.3 Å². The molecule has 3 aromatic rings. The minimum absolute atomic E-state index is 0.127. The molecule has 144 valence electrons. The SMILES string of the molecule is CCCCNC(=O)c1cc(-c2ccccc2F)nn1-c1cccc([N+](=O)[O-])c1. The molecule has 1 heterocycles. The summed E-state index contributed by atoms with van der Waals surface area (Å²) in [6.45, 7) is 2.50. The van der Waals surface area contributed by atoms with Crippen LogP contribution in [0.5, 0.6) is 0 Å². The lowest BCUT2D eigenvalue weighted by molar-refractivity contribution is -0.384. The van der Waals surface area contributed by atoms with Crippen molar-refractivity contribution in [3.8, 4) is 16.9 Å². The van der Waals surface area contributed by atoms with Gasteiger partial charge < -0.3 is 5.32 Å². The van der Waals surface area contributed by atoms with Crippen LogP contribution in [-0.4, -0.2) is 27.2 Å². The monoisotopic (exact) mass is 382 g/mol. The molecule has 8 heteroatoms. The van der Waals surface area contributed by atoms with E-state index in [0.717, 1.165) is 12.8 Å². The van der Waals surface area contributed by atoms with E-state index >= 15 is 0 Å². The number of nitro groups is 1. The highest BCUT2D eigenvalue weighted by atomic mass is 19.1. The first-order chi connectivity index (χ1) is 13.5. The molecule has 0 unspecified atom stereocenters. The number of carbonyl (C=O) groups excluding carboxylic acids is 1. The Balaban J connectivity index is 2.09. The molecule has 0 saturated heterocycles. The summed E-state index contributed by atoms with van der Waals surface area (Å²) in [4.78, 5) is 23.2. The lowest BCUT2D eigenvalue weighted by atomic mass is 10.1. The number of amides is 1. The summed E-state index contributed by atoms with van der Waals surface area (Å²) in [5.74, 6) is -0.848. The van der Waals surface area contributed by atoms with Crippen molar-refractivity contribution in [1.82, 2.24) is 15.1 Å². The van der Waals surface area contributed by atoms with Crippen LogP contribution in [0.4, 0.5) is 10.1 Å². The molecule has 0 aliphatic carbocycles. The van der Waals surface area contributed by atoms with Crippen LogP contribution in [0.1, 0.15) is 30.3 Å². The number of hydrogen-bond acceptors (Lipinski definition) is 4. The Morgan fingerprint density at radius 2 is 2.00 bits per heavy atom. The Kier molecular flexibility index (Phi) is 5.78. The number of hydrogen-bond donors (Lipinski definition) is 1. The summed E-state index contributed by atoms with van der Waals surface area (Å²) in [6.07, 6.45) is 1.74. The molecule has 3 rings (SSSR count). The van der Waals surface area contributed by atoms with Gasteiger partial charge in [0.2, 0.25) is 0 Å². The van der Waals surface area contributed by atoms with Crippen LogP contribution in [0, 0.1) is 15.9 Å². The first-order valence-electron chi connectivity index (χ1n) is 8.89. The van der Waals surface area contributed by atoms with Crippen molar-refractivity contribution in [1.29, 1.82) is 0 Å². The number of aromatic nitrogens is 2.